The number of rotatable bonds is 7. The third kappa shape index (κ3) is 6.03. The fraction of sp³-hybridized carbons (Fsp3) is 0.684. The van der Waals surface area contributed by atoms with Gasteiger partial charge in [-0.1, -0.05) is 13.0 Å². The normalized spacial score (nSPS) is 24.7. The van der Waals surface area contributed by atoms with E-state index < -0.39 is 0 Å². The minimum absolute atomic E-state index is 0. The fourth-order valence-electron chi connectivity index (χ4n) is 3.70. The highest BCUT2D eigenvalue weighted by Crippen LogP contribution is 2.26. The summed E-state index contributed by atoms with van der Waals surface area (Å²) in [5.41, 5.74) is 0.470. The van der Waals surface area contributed by atoms with Crippen LogP contribution in [0.4, 0.5) is 0 Å². The van der Waals surface area contributed by atoms with Gasteiger partial charge in [-0.2, -0.15) is 0 Å². The number of halogens is 1. The molecule has 1 unspecified atom stereocenters. The first-order valence-corrected chi connectivity index (χ1v) is 9.09. The monoisotopic (exact) mass is 369 g/mol. The van der Waals surface area contributed by atoms with Gasteiger partial charge in [0.1, 0.15) is 18.1 Å². The van der Waals surface area contributed by atoms with Crippen LogP contribution in [0.2, 0.25) is 0 Å². The maximum absolute atomic E-state index is 5.86. The van der Waals surface area contributed by atoms with Gasteiger partial charge < -0.3 is 19.7 Å². The second-order valence-corrected chi connectivity index (χ2v) is 7.38. The Hall–Kier alpha value is -1.01. The van der Waals surface area contributed by atoms with E-state index in [0.29, 0.717) is 5.41 Å². The van der Waals surface area contributed by atoms with Crippen molar-refractivity contribution in [3.05, 3.63) is 24.3 Å². The van der Waals surface area contributed by atoms with E-state index in [9.17, 15) is 0 Å². The molecule has 0 amide bonds. The topological polar surface area (TPSA) is 37.0 Å². The lowest BCUT2D eigenvalue weighted by Crippen LogP contribution is -2.50. The lowest BCUT2D eigenvalue weighted by Gasteiger charge is -2.38. The van der Waals surface area contributed by atoms with Crippen molar-refractivity contribution in [1.82, 2.24) is 15.1 Å². The molecule has 2 fully saturated rings. The highest BCUT2D eigenvalue weighted by Gasteiger charge is 2.31. The third-order valence-electron chi connectivity index (χ3n) is 5.24. The van der Waals surface area contributed by atoms with Gasteiger partial charge in [0.05, 0.1) is 7.11 Å². The number of nitrogens with one attached hydrogen (secondary N) is 1. The van der Waals surface area contributed by atoms with Gasteiger partial charge >= 0.3 is 0 Å². The van der Waals surface area contributed by atoms with Crippen molar-refractivity contribution in [3.63, 3.8) is 0 Å². The quantitative estimate of drug-likeness (QED) is 0.796. The minimum atomic E-state index is 0. The van der Waals surface area contributed by atoms with Crippen LogP contribution in [0.25, 0.3) is 0 Å². The molecule has 0 aliphatic carbocycles. The summed E-state index contributed by atoms with van der Waals surface area (Å²) in [6.45, 7) is 12.4. The molecule has 0 aromatic heterocycles. The van der Waals surface area contributed by atoms with Crippen LogP contribution >= 0.6 is 12.4 Å². The predicted octanol–water partition coefficient (Wildman–Crippen LogP) is 2.11. The average molecular weight is 370 g/mol. The lowest BCUT2D eigenvalue weighted by atomic mass is 9.89. The first-order valence-electron chi connectivity index (χ1n) is 9.09. The molecule has 1 N–H and O–H groups in total. The second kappa shape index (κ2) is 9.62. The molecular weight excluding hydrogens is 338 g/mol. The van der Waals surface area contributed by atoms with Crippen molar-refractivity contribution in [2.45, 2.75) is 13.3 Å². The van der Waals surface area contributed by atoms with Crippen molar-refractivity contribution in [2.75, 3.05) is 66.1 Å². The number of piperazine rings is 1. The Balaban J connectivity index is 0.00000225. The second-order valence-electron chi connectivity index (χ2n) is 7.38. The van der Waals surface area contributed by atoms with Crippen molar-refractivity contribution in [3.8, 4) is 11.5 Å². The van der Waals surface area contributed by atoms with E-state index in [0.717, 1.165) is 37.7 Å². The molecular formula is C19H32ClN3O2. The molecule has 6 heteroatoms. The lowest BCUT2D eigenvalue weighted by molar-refractivity contribution is 0.0882. The van der Waals surface area contributed by atoms with Crippen molar-refractivity contribution in [2.24, 2.45) is 5.41 Å². The third-order valence-corrected chi connectivity index (χ3v) is 5.24. The van der Waals surface area contributed by atoms with Gasteiger partial charge in [0, 0.05) is 51.9 Å². The zero-order valence-electron chi connectivity index (χ0n) is 15.5. The molecule has 1 aromatic carbocycles. The molecule has 1 atom stereocenters. The molecule has 3 rings (SSSR count). The smallest absolute Gasteiger partial charge is 0.123 e. The van der Waals surface area contributed by atoms with Crippen LogP contribution in [-0.4, -0.2) is 75.9 Å². The molecule has 2 heterocycles. The van der Waals surface area contributed by atoms with Crippen LogP contribution in [-0.2, 0) is 0 Å². The average Bonchev–Trinajstić information content (AvgIpc) is 3.03. The zero-order valence-corrected chi connectivity index (χ0v) is 16.3. The van der Waals surface area contributed by atoms with E-state index in [-0.39, 0.29) is 12.4 Å². The first-order chi connectivity index (χ1) is 11.7. The Morgan fingerprint density at radius 1 is 1.12 bits per heavy atom. The van der Waals surface area contributed by atoms with Crippen molar-refractivity contribution >= 4 is 12.4 Å². The maximum atomic E-state index is 5.86. The summed E-state index contributed by atoms with van der Waals surface area (Å²) in [6, 6.07) is 7.82. The maximum Gasteiger partial charge on any atom is 0.123 e. The van der Waals surface area contributed by atoms with Crippen LogP contribution in [0.15, 0.2) is 24.3 Å². The van der Waals surface area contributed by atoms with E-state index >= 15 is 0 Å². The highest BCUT2D eigenvalue weighted by molar-refractivity contribution is 5.85. The van der Waals surface area contributed by atoms with Gasteiger partial charge in [-0.25, -0.2) is 0 Å². The van der Waals surface area contributed by atoms with E-state index in [1.165, 1.54) is 39.1 Å². The molecule has 0 bridgehead atoms. The van der Waals surface area contributed by atoms with Gasteiger partial charge in [-0.05, 0) is 30.5 Å². The number of benzene rings is 1. The Labute approximate surface area is 158 Å². The molecule has 142 valence electrons. The summed E-state index contributed by atoms with van der Waals surface area (Å²) < 4.78 is 11.1. The predicted molar refractivity (Wildman–Crippen MR) is 104 cm³/mol. The molecule has 0 spiro atoms. The fourth-order valence-corrected chi connectivity index (χ4v) is 3.70. The number of nitrogens with zero attached hydrogens (tertiary/aromatic N) is 2. The van der Waals surface area contributed by atoms with Crippen LogP contribution in [0, 0.1) is 5.41 Å². The standard InChI is InChI=1S/C19H31N3O2.ClH/c1-19(6-7-20-15-19)16-22-10-8-21(9-11-22)12-13-24-18-5-3-4-17(14-18)23-2;/h3-5,14,20H,6-13,15-16H2,1-2H3;1H. The molecule has 1 aromatic rings. The number of ether oxygens (including phenoxy) is 2. The molecule has 0 radical (unpaired) electrons. The highest BCUT2D eigenvalue weighted by atomic mass is 35.5. The van der Waals surface area contributed by atoms with E-state index in [1.807, 2.05) is 24.3 Å². The number of hydrogen-bond acceptors (Lipinski definition) is 5. The zero-order chi connectivity index (χ0) is 16.8. The number of hydrogen-bond donors (Lipinski definition) is 1. The summed E-state index contributed by atoms with van der Waals surface area (Å²) in [5, 5.41) is 3.50. The molecule has 2 aliphatic heterocycles. The van der Waals surface area contributed by atoms with Crippen LogP contribution in [0.3, 0.4) is 0 Å². The number of methoxy groups -OCH3 is 1. The van der Waals surface area contributed by atoms with E-state index in [1.54, 1.807) is 7.11 Å². The Bertz CT molecular complexity index is 515. The van der Waals surface area contributed by atoms with Gasteiger partial charge in [-0.3, -0.25) is 4.90 Å². The minimum Gasteiger partial charge on any atom is -0.497 e. The Kier molecular flexibility index (Phi) is 7.81. The largest absolute Gasteiger partial charge is 0.497 e. The molecule has 0 saturated carbocycles. The molecule has 5 nitrogen and oxygen atoms in total. The van der Waals surface area contributed by atoms with Crippen molar-refractivity contribution < 1.29 is 9.47 Å². The summed E-state index contributed by atoms with van der Waals surface area (Å²) in [5.74, 6) is 1.73. The van der Waals surface area contributed by atoms with E-state index in [2.05, 4.69) is 22.0 Å². The van der Waals surface area contributed by atoms with Gasteiger partial charge in [0.15, 0.2) is 0 Å². The van der Waals surface area contributed by atoms with Crippen molar-refractivity contribution in [1.29, 1.82) is 0 Å². The summed E-state index contributed by atoms with van der Waals surface area (Å²) in [6.07, 6.45) is 1.31. The SMILES string of the molecule is COc1cccc(OCCN2CCN(CC3(C)CCNC3)CC2)c1.Cl. The Morgan fingerprint density at radius 2 is 1.84 bits per heavy atom. The molecule has 2 saturated heterocycles. The van der Waals surface area contributed by atoms with Crippen LogP contribution < -0.4 is 14.8 Å². The Morgan fingerprint density at radius 3 is 2.52 bits per heavy atom. The van der Waals surface area contributed by atoms with Crippen LogP contribution in [0.1, 0.15) is 13.3 Å². The van der Waals surface area contributed by atoms with Gasteiger partial charge in [0.2, 0.25) is 0 Å². The summed E-state index contributed by atoms with van der Waals surface area (Å²) >= 11 is 0. The molecule has 25 heavy (non-hydrogen) atoms. The van der Waals surface area contributed by atoms with Gasteiger partial charge in [-0.15, -0.1) is 12.4 Å². The van der Waals surface area contributed by atoms with Crippen LogP contribution in [0.5, 0.6) is 11.5 Å². The first kappa shape index (κ1) is 20.3. The van der Waals surface area contributed by atoms with Gasteiger partial charge in [0.25, 0.3) is 0 Å². The molecule has 2 aliphatic rings. The summed E-state index contributed by atoms with van der Waals surface area (Å²) in [7, 11) is 1.68. The summed E-state index contributed by atoms with van der Waals surface area (Å²) in [4.78, 5) is 5.14. The van der Waals surface area contributed by atoms with E-state index in [4.69, 9.17) is 9.47 Å².